The smallest absolute Gasteiger partial charge is 0.120 e. The lowest BCUT2D eigenvalue weighted by Crippen LogP contribution is -2.14. The molecule has 2 rings (SSSR count). The molecular weight excluding hydrogens is 176 g/mol. The van der Waals surface area contributed by atoms with Gasteiger partial charge in [-0.15, -0.1) is 0 Å². The van der Waals surface area contributed by atoms with Gasteiger partial charge in [0, 0.05) is 17.8 Å². The average Bonchev–Trinajstić information content (AvgIpc) is 2.70. The second-order valence-corrected chi connectivity index (χ2v) is 3.64. The van der Waals surface area contributed by atoms with Gasteiger partial charge < -0.3 is 15.8 Å². The molecule has 0 saturated carbocycles. The van der Waals surface area contributed by atoms with E-state index in [1.54, 1.807) is 7.11 Å². The Morgan fingerprint density at radius 2 is 2.36 bits per heavy atom. The second-order valence-electron chi connectivity index (χ2n) is 3.64. The van der Waals surface area contributed by atoms with E-state index >= 15 is 0 Å². The maximum Gasteiger partial charge on any atom is 0.120 e. The summed E-state index contributed by atoms with van der Waals surface area (Å²) in [6.45, 7) is 1.09. The van der Waals surface area contributed by atoms with Crippen molar-refractivity contribution in [2.75, 3.05) is 19.4 Å². The zero-order valence-corrected chi connectivity index (χ0v) is 8.42. The van der Waals surface area contributed by atoms with Crippen LogP contribution in [0.2, 0.25) is 0 Å². The Hall–Kier alpha value is -1.22. The highest BCUT2D eigenvalue weighted by atomic mass is 16.5. The number of rotatable bonds is 2. The Morgan fingerprint density at radius 1 is 1.50 bits per heavy atom. The van der Waals surface area contributed by atoms with Crippen LogP contribution in [-0.2, 0) is 0 Å². The van der Waals surface area contributed by atoms with Crippen molar-refractivity contribution in [3.05, 3.63) is 23.8 Å². The minimum absolute atomic E-state index is 0.431. The van der Waals surface area contributed by atoms with Crippen LogP contribution in [0.25, 0.3) is 0 Å². The molecule has 1 fully saturated rings. The predicted octanol–water partition coefficient (Wildman–Crippen LogP) is 1.70. The van der Waals surface area contributed by atoms with E-state index in [0.717, 1.165) is 18.0 Å². The molecule has 14 heavy (non-hydrogen) atoms. The largest absolute Gasteiger partial charge is 0.497 e. The first-order valence-corrected chi connectivity index (χ1v) is 4.98. The fourth-order valence-electron chi connectivity index (χ4n) is 1.95. The first-order chi connectivity index (χ1) is 6.81. The third-order valence-electron chi connectivity index (χ3n) is 2.73. The molecule has 1 heterocycles. The fourth-order valence-corrected chi connectivity index (χ4v) is 1.95. The number of nitrogen functional groups attached to an aromatic ring is 1. The van der Waals surface area contributed by atoms with Crippen LogP contribution in [0.1, 0.15) is 24.4 Å². The molecule has 0 amide bonds. The van der Waals surface area contributed by atoms with Gasteiger partial charge in [0.2, 0.25) is 0 Å². The van der Waals surface area contributed by atoms with Gasteiger partial charge in [0.15, 0.2) is 0 Å². The van der Waals surface area contributed by atoms with Crippen LogP contribution in [0.4, 0.5) is 5.69 Å². The summed E-state index contributed by atoms with van der Waals surface area (Å²) in [5.74, 6) is 0.823. The maximum atomic E-state index is 5.96. The lowest BCUT2D eigenvalue weighted by atomic mass is 10.0. The summed E-state index contributed by atoms with van der Waals surface area (Å²) < 4.78 is 5.11. The lowest BCUT2D eigenvalue weighted by molar-refractivity contribution is 0.414. The summed E-state index contributed by atoms with van der Waals surface area (Å²) in [6, 6.07) is 6.33. The Bertz CT molecular complexity index is 319. The summed E-state index contributed by atoms with van der Waals surface area (Å²) in [4.78, 5) is 0. The topological polar surface area (TPSA) is 47.3 Å². The monoisotopic (exact) mass is 192 g/mol. The standard InChI is InChI=1S/C11H16N2O/c1-14-8-4-5-9(10(12)7-8)11-3-2-6-13-11/h4-5,7,11,13H,2-3,6,12H2,1H3/t11-/m1/s1. The number of methoxy groups -OCH3 is 1. The van der Waals surface area contributed by atoms with E-state index in [4.69, 9.17) is 10.5 Å². The van der Waals surface area contributed by atoms with E-state index in [0.29, 0.717) is 6.04 Å². The molecule has 1 aromatic rings. The van der Waals surface area contributed by atoms with Crippen LogP contribution in [0.3, 0.4) is 0 Å². The van der Waals surface area contributed by atoms with E-state index in [9.17, 15) is 0 Å². The number of nitrogens with one attached hydrogen (secondary N) is 1. The van der Waals surface area contributed by atoms with E-state index in [2.05, 4.69) is 11.4 Å². The van der Waals surface area contributed by atoms with E-state index < -0.39 is 0 Å². The van der Waals surface area contributed by atoms with E-state index in [1.807, 2.05) is 12.1 Å². The highest BCUT2D eigenvalue weighted by Gasteiger charge is 2.18. The van der Waals surface area contributed by atoms with Gasteiger partial charge in [-0.25, -0.2) is 0 Å². The lowest BCUT2D eigenvalue weighted by Gasteiger charge is -2.14. The molecule has 0 unspecified atom stereocenters. The van der Waals surface area contributed by atoms with Gasteiger partial charge >= 0.3 is 0 Å². The van der Waals surface area contributed by atoms with E-state index in [-0.39, 0.29) is 0 Å². The highest BCUT2D eigenvalue weighted by Crippen LogP contribution is 2.29. The summed E-state index contributed by atoms with van der Waals surface area (Å²) in [6.07, 6.45) is 2.41. The molecule has 76 valence electrons. The van der Waals surface area contributed by atoms with Crippen molar-refractivity contribution >= 4 is 5.69 Å². The number of hydrogen-bond donors (Lipinski definition) is 2. The van der Waals surface area contributed by atoms with Gasteiger partial charge in [0.1, 0.15) is 5.75 Å². The van der Waals surface area contributed by atoms with Gasteiger partial charge in [-0.3, -0.25) is 0 Å². The quantitative estimate of drug-likeness (QED) is 0.701. The van der Waals surface area contributed by atoms with Crippen molar-refractivity contribution < 1.29 is 4.74 Å². The summed E-state index contributed by atoms with van der Waals surface area (Å²) in [5.41, 5.74) is 7.98. The minimum Gasteiger partial charge on any atom is -0.497 e. The Balaban J connectivity index is 2.25. The number of anilines is 1. The van der Waals surface area contributed by atoms with Crippen molar-refractivity contribution in [1.82, 2.24) is 5.32 Å². The highest BCUT2D eigenvalue weighted by molar-refractivity contribution is 5.53. The van der Waals surface area contributed by atoms with Crippen molar-refractivity contribution in [2.45, 2.75) is 18.9 Å². The average molecular weight is 192 g/mol. The van der Waals surface area contributed by atoms with Crippen molar-refractivity contribution in [3.63, 3.8) is 0 Å². The normalized spacial score (nSPS) is 21.1. The zero-order chi connectivity index (χ0) is 9.97. The molecule has 3 heteroatoms. The van der Waals surface area contributed by atoms with Gasteiger partial charge in [-0.05, 0) is 31.0 Å². The number of benzene rings is 1. The molecule has 1 saturated heterocycles. The molecular formula is C11H16N2O. The fraction of sp³-hybridized carbons (Fsp3) is 0.455. The molecule has 3 nitrogen and oxygen atoms in total. The summed E-state index contributed by atoms with van der Waals surface area (Å²) in [5, 5.41) is 3.43. The molecule has 1 aliphatic rings. The summed E-state index contributed by atoms with van der Waals surface area (Å²) >= 11 is 0. The van der Waals surface area contributed by atoms with Crippen LogP contribution in [0, 0.1) is 0 Å². The van der Waals surface area contributed by atoms with Crippen molar-refractivity contribution in [1.29, 1.82) is 0 Å². The molecule has 1 aliphatic heterocycles. The Morgan fingerprint density at radius 3 is 2.93 bits per heavy atom. The van der Waals surface area contributed by atoms with Gasteiger partial charge in [-0.1, -0.05) is 6.07 Å². The number of nitrogens with two attached hydrogens (primary N) is 1. The molecule has 0 bridgehead atoms. The van der Waals surface area contributed by atoms with Gasteiger partial charge in [0.05, 0.1) is 7.11 Å². The molecule has 1 aromatic carbocycles. The Kier molecular flexibility index (Phi) is 2.59. The molecule has 0 aliphatic carbocycles. The van der Waals surface area contributed by atoms with Crippen LogP contribution in [0.5, 0.6) is 5.75 Å². The second kappa shape index (κ2) is 3.88. The molecule has 1 atom stereocenters. The SMILES string of the molecule is COc1ccc([C@H]2CCCN2)c(N)c1. The third-order valence-corrected chi connectivity index (χ3v) is 2.73. The molecule has 0 aromatic heterocycles. The molecule has 0 radical (unpaired) electrons. The zero-order valence-electron chi connectivity index (χ0n) is 8.42. The number of ether oxygens (including phenoxy) is 1. The van der Waals surface area contributed by atoms with Crippen LogP contribution >= 0.6 is 0 Å². The Labute approximate surface area is 84.3 Å². The van der Waals surface area contributed by atoms with Crippen molar-refractivity contribution in [2.24, 2.45) is 0 Å². The molecule has 0 spiro atoms. The van der Waals surface area contributed by atoms with Crippen molar-refractivity contribution in [3.8, 4) is 5.75 Å². The third kappa shape index (κ3) is 1.68. The van der Waals surface area contributed by atoms with Crippen LogP contribution in [-0.4, -0.2) is 13.7 Å². The van der Waals surface area contributed by atoms with Gasteiger partial charge in [0.25, 0.3) is 0 Å². The molecule has 3 N–H and O–H groups in total. The first kappa shape index (κ1) is 9.34. The minimum atomic E-state index is 0.431. The van der Waals surface area contributed by atoms with Crippen LogP contribution in [0.15, 0.2) is 18.2 Å². The number of hydrogen-bond acceptors (Lipinski definition) is 3. The first-order valence-electron chi connectivity index (χ1n) is 4.98. The van der Waals surface area contributed by atoms with E-state index in [1.165, 1.54) is 18.4 Å². The van der Waals surface area contributed by atoms with Crippen LogP contribution < -0.4 is 15.8 Å². The predicted molar refractivity (Wildman–Crippen MR) is 57.4 cm³/mol. The van der Waals surface area contributed by atoms with Gasteiger partial charge in [-0.2, -0.15) is 0 Å². The summed E-state index contributed by atoms with van der Waals surface area (Å²) in [7, 11) is 1.66. The maximum absolute atomic E-state index is 5.96.